The average molecular weight is 777 g/mol. The van der Waals surface area contributed by atoms with E-state index in [-0.39, 0.29) is 72.7 Å². The van der Waals surface area contributed by atoms with Crippen LogP contribution in [0.25, 0.3) is 0 Å². The molecule has 10 heteroatoms. The second-order valence-corrected chi connectivity index (χ2v) is 21.0. The van der Waals surface area contributed by atoms with Crippen LogP contribution in [0.2, 0.25) is 18.1 Å². The van der Waals surface area contributed by atoms with Crippen molar-refractivity contribution < 1.29 is 37.6 Å². The standard InChI is InChI=1S/C36H61IO8Si/c1-24-26(16-14-17-27-25(2)31-22-32(41-27)28(43-31)18-19-37)42-33(21-30(24)39-23-38-8)34-29(44-36(6,7)45-34)15-12-11-13-20-40-46(9,10)35(3,4)5/h12,14-15,17-19,24-34H,11,13,16,20-23H2,1-10H3/b15-12+,17-14+,19-18+/t24-,25-,26+,27-,28-,29-,30-,31+,32+,33+,34-/m0/s1. The van der Waals surface area contributed by atoms with Crippen LogP contribution in [-0.2, 0) is 37.6 Å². The number of methoxy groups -OCH3 is 1. The highest BCUT2D eigenvalue weighted by molar-refractivity contribution is 14.1. The lowest BCUT2D eigenvalue weighted by atomic mass is 9.85. The molecule has 0 unspecified atom stereocenters. The van der Waals surface area contributed by atoms with Crippen molar-refractivity contribution in [1.82, 2.24) is 0 Å². The van der Waals surface area contributed by atoms with Crippen LogP contribution in [0, 0.1) is 11.8 Å². The fourth-order valence-electron chi connectivity index (χ4n) is 6.70. The van der Waals surface area contributed by atoms with E-state index in [0.29, 0.717) is 12.3 Å². The second-order valence-electron chi connectivity index (χ2n) is 15.5. The third-order valence-corrected chi connectivity index (χ3v) is 15.5. The Kier molecular flexibility index (Phi) is 14.0. The molecule has 0 radical (unpaired) electrons. The first-order valence-electron chi connectivity index (χ1n) is 17.3. The molecule has 4 rings (SSSR count). The molecule has 0 spiro atoms. The van der Waals surface area contributed by atoms with Gasteiger partial charge in [-0.15, -0.1) is 0 Å². The maximum absolute atomic E-state index is 6.85. The molecule has 0 aliphatic carbocycles. The van der Waals surface area contributed by atoms with Gasteiger partial charge in [0, 0.05) is 38.4 Å². The third-order valence-electron chi connectivity index (χ3n) is 10.6. The van der Waals surface area contributed by atoms with Gasteiger partial charge in [0.2, 0.25) is 0 Å². The molecule has 0 N–H and O–H groups in total. The molecule has 11 atom stereocenters. The number of allylic oxidation sites excluding steroid dienone is 1. The van der Waals surface area contributed by atoms with Crippen LogP contribution in [0.1, 0.15) is 80.6 Å². The van der Waals surface area contributed by atoms with Crippen LogP contribution in [0.4, 0.5) is 0 Å². The Balaban J connectivity index is 1.38. The average Bonchev–Trinajstić information content (AvgIpc) is 3.49. The summed E-state index contributed by atoms with van der Waals surface area (Å²) in [6.07, 6.45) is 15.0. The zero-order chi connectivity index (χ0) is 33.7. The smallest absolute Gasteiger partial charge is 0.191 e. The van der Waals surface area contributed by atoms with Crippen molar-refractivity contribution in [2.75, 3.05) is 20.5 Å². The molecular formula is C36H61IO8Si. The minimum atomic E-state index is -1.73. The summed E-state index contributed by atoms with van der Waals surface area (Å²) in [6.45, 7) is 20.9. The number of halogens is 1. The summed E-state index contributed by atoms with van der Waals surface area (Å²) in [5.41, 5.74) is 0. The third kappa shape index (κ3) is 9.97. The molecule has 0 saturated carbocycles. The highest BCUT2D eigenvalue weighted by Crippen LogP contribution is 2.41. The summed E-state index contributed by atoms with van der Waals surface area (Å²) in [7, 11) is -0.0653. The first-order valence-corrected chi connectivity index (χ1v) is 21.5. The molecule has 4 saturated heterocycles. The van der Waals surface area contributed by atoms with E-state index >= 15 is 0 Å². The van der Waals surface area contributed by atoms with Gasteiger partial charge < -0.3 is 37.6 Å². The van der Waals surface area contributed by atoms with Crippen molar-refractivity contribution in [2.45, 2.75) is 159 Å². The number of rotatable bonds is 14. The van der Waals surface area contributed by atoms with Gasteiger partial charge in [-0.1, -0.05) is 81.5 Å². The molecule has 0 aromatic heterocycles. The number of hydrogen-bond acceptors (Lipinski definition) is 8. The van der Waals surface area contributed by atoms with E-state index in [1.807, 2.05) is 17.9 Å². The lowest BCUT2D eigenvalue weighted by molar-refractivity contribution is -0.210. The topological polar surface area (TPSA) is 73.8 Å². The number of fused-ring (bicyclic) bond motifs is 2. The van der Waals surface area contributed by atoms with Crippen LogP contribution in [0.5, 0.6) is 0 Å². The van der Waals surface area contributed by atoms with Crippen molar-refractivity contribution in [3.63, 3.8) is 0 Å². The normalized spacial score (nSPS) is 38.5. The van der Waals surface area contributed by atoms with Crippen LogP contribution in [0.15, 0.2) is 34.5 Å². The largest absolute Gasteiger partial charge is 0.417 e. The van der Waals surface area contributed by atoms with Crippen LogP contribution >= 0.6 is 22.6 Å². The van der Waals surface area contributed by atoms with Gasteiger partial charge in [-0.25, -0.2) is 0 Å². The molecule has 2 bridgehead atoms. The number of hydrogen-bond donors (Lipinski definition) is 0. The molecule has 0 aromatic carbocycles. The Morgan fingerprint density at radius 1 is 0.870 bits per heavy atom. The minimum Gasteiger partial charge on any atom is -0.417 e. The van der Waals surface area contributed by atoms with E-state index < -0.39 is 14.1 Å². The molecule has 4 aliphatic heterocycles. The van der Waals surface area contributed by atoms with E-state index in [0.717, 1.165) is 32.3 Å². The highest BCUT2D eigenvalue weighted by atomic mass is 127. The molecule has 4 aliphatic rings. The van der Waals surface area contributed by atoms with E-state index in [1.165, 1.54) is 0 Å². The highest BCUT2D eigenvalue weighted by Gasteiger charge is 2.49. The Morgan fingerprint density at radius 3 is 2.28 bits per heavy atom. The van der Waals surface area contributed by atoms with Crippen LogP contribution in [0.3, 0.4) is 0 Å². The maximum Gasteiger partial charge on any atom is 0.191 e. The molecule has 8 nitrogen and oxygen atoms in total. The van der Waals surface area contributed by atoms with Gasteiger partial charge in [0.1, 0.15) is 25.1 Å². The zero-order valence-corrected chi connectivity index (χ0v) is 33.1. The Morgan fingerprint density at radius 2 is 1.59 bits per heavy atom. The monoisotopic (exact) mass is 776 g/mol. The fraction of sp³-hybridized carbons (Fsp3) is 0.833. The van der Waals surface area contributed by atoms with Crippen molar-refractivity contribution in [1.29, 1.82) is 0 Å². The van der Waals surface area contributed by atoms with E-state index in [4.69, 9.17) is 37.6 Å². The van der Waals surface area contributed by atoms with E-state index in [9.17, 15) is 0 Å². The predicted octanol–water partition coefficient (Wildman–Crippen LogP) is 8.10. The summed E-state index contributed by atoms with van der Waals surface area (Å²) in [5, 5.41) is 0.221. The summed E-state index contributed by atoms with van der Waals surface area (Å²) >= 11 is 2.25. The molecular weight excluding hydrogens is 715 g/mol. The fourth-order valence-corrected chi connectivity index (χ4v) is 8.20. The molecule has 46 heavy (non-hydrogen) atoms. The van der Waals surface area contributed by atoms with Gasteiger partial charge in [-0.2, -0.15) is 0 Å². The Hall–Kier alpha value is -0.153. The number of ether oxygens (including phenoxy) is 7. The summed E-state index contributed by atoms with van der Waals surface area (Å²) < 4.78 is 52.4. The van der Waals surface area contributed by atoms with Crippen molar-refractivity contribution >= 4 is 30.9 Å². The van der Waals surface area contributed by atoms with Crippen molar-refractivity contribution in [3.05, 3.63) is 34.5 Å². The second kappa shape index (κ2) is 16.7. The molecule has 264 valence electrons. The van der Waals surface area contributed by atoms with Crippen molar-refractivity contribution in [3.8, 4) is 0 Å². The van der Waals surface area contributed by atoms with Gasteiger partial charge in [0.25, 0.3) is 0 Å². The molecule has 4 fully saturated rings. The van der Waals surface area contributed by atoms with Gasteiger partial charge in [-0.3, -0.25) is 0 Å². The van der Waals surface area contributed by atoms with Gasteiger partial charge >= 0.3 is 0 Å². The van der Waals surface area contributed by atoms with Crippen molar-refractivity contribution in [2.24, 2.45) is 11.8 Å². The van der Waals surface area contributed by atoms with Crippen LogP contribution < -0.4 is 0 Å². The first-order chi connectivity index (χ1) is 21.7. The van der Waals surface area contributed by atoms with E-state index in [2.05, 4.69) is 101 Å². The summed E-state index contributed by atoms with van der Waals surface area (Å²) in [5.74, 6) is -0.216. The Bertz CT molecular complexity index is 1040. The molecule has 4 heterocycles. The summed E-state index contributed by atoms with van der Waals surface area (Å²) in [4.78, 5) is 0. The van der Waals surface area contributed by atoms with Gasteiger partial charge in [-0.05, 0) is 61.4 Å². The van der Waals surface area contributed by atoms with Crippen LogP contribution in [-0.4, -0.2) is 89.5 Å². The SMILES string of the molecule is COCO[C@H]1C[C@H]([C@H]2OC(C)(C)O[C@H]2/C=C/CCCO[Si](C)(C)C(C)(C)C)O[C@H](C/C=C/[C@@H]2O[C@@H]3C[C@@H](O[C@H]3/C=C/I)[C@H]2C)[C@@H]1C. The Labute approximate surface area is 293 Å². The lowest BCUT2D eigenvalue weighted by Crippen LogP contribution is -2.50. The quantitative estimate of drug-likeness (QED) is 0.0577. The molecule has 0 amide bonds. The number of unbranched alkanes of at least 4 members (excludes halogenated alkanes) is 1. The van der Waals surface area contributed by atoms with Gasteiger partial charge in [0.15, 0.2) is 14.1 Å². The zero-order valence-electron chi connectivity index (χ0n) is 29.9. The maximum atomic E-state index is 6.85. The predicted molar refractivity (Wildman–Crippen MR) is 193 cm³/mol. The van der Waals surface area contributed by atoms with E-state index in [1.54, 1.807) is 7.11 Å². The summed E-state index contributed by atoms with van der Waals surface area (Å²) in [6, 6.07) is 0. The minimum absolute atomic E-state index is 0.0172. The first kappa shape index (κ1) is 38.6. The van der Waals surface area contributed by atoms with Gasteiger partial charge in [0.05, 0.1) is 36.6 Å². The molecule has 0 aromatic rings. The lowest BCUT2D eigenvalue weighted by Gasteiger charge is -2.42.